The molecule has 9 nitrogen and oxygen atoms in total. The molecule has 0 aromatic carbocycles. The molecule has 2 aliphatic heterocycles. The van der Waals surface area contributed by atoms with Crippen molar-refractivity contribution in [1.82, 2.24) is 19.5 Å². The van der Waals surface area contributed by atoms with E-state index in [1.165, 1.54) is 0 Å². The summed E-state index contributed by atoms with van der Waals surface area (Å²) >= 11 is 0. The van der Waals surface area contributed by atoms with Gasteiger partial charge in [0.05, 0.1) is 18.2 Å². The zero-order valence-electron chi connectivity index (χ0n) is 17.2. The third kappa shape index (κ3) is 4.40. The van der Waals surface area contributed by atoms with Crippen molar-refractivity contribution in [2.45, 2.75) is 76.5 Å². The largest absolute Gasteiger partial charge is 0.382 e. The number of ether oxygens (including phenoxy) is 2. The van der Waals surface area contributed by atoms with Gasteiger partial charge in [0.1, 0.15) is 5.52 Å². The molecule has 4 heterocycles. The highest BCUT2D eigenvalue weighted by atomic mass is 16.5. The summed E-state index contributed by atoms with van der Waals surface area (Å²) < 4.78 is 13.5. The monoisotopic (exact) mass is 404 g/mol. The lowest BCUT2D eigenvalue weighted by molar-refractivity contribution is 0.0500. The lowest BCUT2D eigenvalue weighted by Crippen LogP contribution is -2.32. The van der Waals surface area contributed by atoms with Gasteiger partial charge in [0, 0.05) is 19.8 Å². The highest BCUT2D eigenvalue weighted by molar-refractivity contribution is 5.83. The highest BCUT2D eigenvalue weighted by Crippen LogP contribution is 2.32. The number of nitrogen functional groups attached to an aromatic ring is 1. The number of imidazole rings is 1. The molecule has 0 amide bonds. The molecule has 3 atom stereocenters. The summed E-state index contributed by atoms with van der Waals surface area (Å²) in [5.41, 5.74) is 6.98. The molecule has 4 N–H and O–H groups in total. The number of nitrogens with zero attached hydrogens (tertiary/aromatic N) is 3. The van der Waals surface area contributed by atoms with Crippen LogP contribution in [0.2, 0.25) is 0 Å². The molecule has 0 aliphatic carbocycles. The average molecular weight is 405 g/mol. The summed E-state index contributed by atoms with van der Waals surface area (Å²) in [5.74, 6) is 0.747. The van der Waals surface area contributed by atoms with E-state index in [-0.39, 0.29) is 29.8 Å². The minimum absolute atomic E-state index is 0.000735. The normalized spacial score (nSPS) is 23.1. The maximum Gasteiger partial charge on any atom is 0.328 e. The van der Waals surface area contributed by atoms with Crippen molar-refractivity contribution >= 4 is 22.9 Å². The summed E-state index contributed by atoms with van der Waals surface area (Å²) in [6.07, 6.45) is 8.23. The fourth-order valence-electron chi connectivity index (χ4n) is 4.40. The Bertz CT molecular complexity index is 867. The van der Waals surface area contributed by atoms with Crippen molar-refractivity contribution in [2.75, 3.05) is 30.8 Å². The van der Waals surface area contributed by atoms with E-state index < -0.39 is 0 Å². The number of fused-ring (bicyclic) bond motifs is 1. The van der Waals surface area contributed by atoms with E-state index in [9.17, 15) is 4.79 Å². The Morgan fingerprint density at radius 1 is 1.28 bits per heavy atom. The predicted molar refractivity (Wildman–Crippen MR) is 112 cm³/mol. The zero-order valence-corrected chi connectivity index (χ0v) is 17.2. The summed E-state index contributed by atoms with van der Waals surface area (Å²) in [4.78, 5) is 24.8. The SMILES string of the molecule is CCCCNc1nc(N)c2[nH]c(=O)n(C(CCC3CCCO3)C3CCCO3)c2n1. The van der Waals surface area contributed by atoms with Gasteiger partial charge in [0.2, 0.25) is 5.95 Å². The van der Waals surface area contributed by atoms with Crippen LogP contribution in [0.15, 0.2) is 4.79 Å². The third-order valence-corrected chi connectivity index (χ3v) is 5.94. The van der Waals surface area contributed by atoms with Gasteiger partial charge in [-0.05, 0) is 44.9 Å². The van der Waals surface area contributed by atoms with Gasteiger partial charge in [0.15, 0.2) is 11.5 Å². The molecule has 0 spiro atoms. The van der Waals surface area contributed by atoms with Gasteiger partial charge in [0.25, 0.3) is 0 Å². The molecule has 2 fully saturated rings. The number of unbranched alkanes of at least 4 members (excludes halogenated alkanes) is 1. The molecule has 2 aromatic rings. The van der Waals surface area contributed by atoms with Crippen LogP contribution in [-0.2, 0) is 9.47 Å². The molecule has 29 heavy (non-hydrogen) atoms. The first-order valence-electron chi connectivity index (χ1n) is 10.9. The van der Waals surface area contributed by atoms with Crippen LogP contribution in [0.4, 0.5) is 11.8 Å². The van der Waals surface area contributed by atoms with E-state index in [0.29, 0.717) is 17.1 Å². The van der Waals surface area contributed by atoms with E-state index in [0.717, 1.165) is 71.1 Å². The lowest BCUT2D eigenvalue weighted by Gasteiger charge is -2.25. The fraction of sp³-hybridized carbons (Fsp3) is 0.750. The smallest absolute Gasteiger partial charge is 0.328 e. The van der Waals surface area contributed by atoms with Crippen LogP contribution >= 0.6 is 0 Å². The van der Waals surface area contributed by atoms with Crippen molar-refractivity contribution in [3.63, 3.8) is 0 Å². The maximum atomic E-state index is 12.9. The standard InChI is InChI=1S/C20H32N6O3/c1-2-3-10-22-19-24-17(21)16-18(25-19)26(20(27)23-16)14(15-7-5-12-29-15)9-8-13-6-4-11-28-13/h13-15H,2-12H2,1H3,(H,23,27)(H3,21,22,24,25). The van der Waals surface area contributed by atoms with Gasteiger partial charge >= 0.3 is 5.69 Å². The van der Waals surface area contributed by atoms with Crippen LogP contribution in [0.25, 0.3) is 11.2 Å². The van der Waals surface area contributed by atoms with Crippen LogP contribution in [0, 0.1) is 0 Å². The number of nitrogens with one attached hydrogen (secondary N) is 2. The highest BCUT2D eigenvalue weighted by Gasteiger charge is 2.32. The maximum absolute atomic E-state index is 12.9. The first-order chi connectivity index (χ1) is 14.2. The van der Waals surface area contributed by atoms with Crippen molar-refractivity contribution in [3.05, 3.63) is 10.5 Å². The van der Waals surface area contributed by atoms with Gasteiger partial charge in [-0.1, -0.05) is 13.3 Å². The molecule has 2 aromatic heterocycles. The van der Waals surface area contributed by atoms with Crippen molar-refractivity contribution in [3.8, 4) is 0 Å². The van der Waals surface area contributed by atoms with Gasteiger partial charge in [-0.25, -0.2) is 4.79 Å². The van der Waals surface area contributed by atoms with Crippen LogP contribution in [0.5, 0.6) is 0 Å². The number of anilines is 2. The Morgan fingerprint density at radius 3 is 2.83 bits per heavy atom. The molecule has 0 saturated carbocycles. The number of aromatic amines is 1. The molecule has 9 heteroatoms. The number of hydrogen-bond donors (Lipinski definition) is 3. The molecular weight excluding hydrogens is 372 g/mol. The third-order valence-electron chi connectivity index (χ3n) is 5.94. The van der Waals surface area contributed by atoms with Gasteiger partial charge in [-0.15, -0.1) is 0 Å². The van der Waals surface area contributed by atoms with Crippen molar-refractivity contribution < 1.29 is 9.47 Å². The Balaban J connectivity index is 1.66. The van der Waals surface area contributed by atoms with E-state index in [4.69, 9.17) is 15.2 Å². The van der Waals surface area contributed by atoms with Crippen LogP contribution in [0.3, 0.4) is 0 Å². The molecular formula is C20H32N6O3. The number of rotatable bonds is 9. The lowest BCUT2D eigenvalue weighted by atomic mass is 9.99. The number of aromatic nitrogens is 4. The summed E-state index contributed by atoms with van der Waals surface area (Å²) in [5, 5.41) is 3.22. The van der Waals surface area contributed by atoms with Crippen LogP contribution in [-0.4, -0.2) is 51.5 Å². The molecule has 3 unspecified atom stereocenters. The second-order valence-electron chi connectivity index (χ2n) is 8.04. The minimum atomic E-state index is -0.209. The van der Waals surface area contributed by atoms with Crippen LogP contribution in [0.1, 0.15) is 64.3 Å². The molecule has 4 rings (SSSR count). The second-order valence-corrected chi connectivity index (χ2v) is 8.04. The topological polar surface area (TPSA) is 120 Å². The molecule has 0 radical (unpaired) electrons. The van der Waals surface area contributed by atoms with E-state index >= 15 is 0 Å². The minimum Gasteiger partial charge on any atom is -0.382 e. The number of hydrogen-bond acceptors (Lipinski definition) is 7. The van der Waals surface area contributed by atoms with E-state index in [2.05, 4.69) is 27.2 Å². The summed E-state index contributed by atoms with van der Waals surface area (Å²) in [6.45, 7) is 4.46. The second kappa shape index (κ2) is 9.13. The number of H-pyrrole nitrogens is 1. The summed E-state index contributed by atoms with van der Waals surface area (Å²) in [6, 6.07) is -0.0965. The Labute approximate surface area is 170 Å². The fourth-order valence-corrected chi connectivity index (χ4v) is 4.40. The first kappa shape index (κ1) is 20.2. The predicted octanol–water partition coefficient (Wildman–Crippen LogP) is 2.59. The first-order valence-corrected chi connectivity index (χ1v) is 10.9. The Morgan fingerprint density at radius 2 is 2.10 bits per heavy atom. The van der Waals surface area contributed by atoms with Gasteiger partial charge in [-0.3, -0.25) is 4.57 Å². The van der Waals surface area contributed by atoms with E-state index in [1.54, 1.807) is 4.57 Å². The van der Waals surface area contributed by atoms with Crippen LogP contribution < -0.4 is 16.7 Å². The molecule has 2 aliphatic rings. The molecule has 2 saturated heterocycles. The van der Waals surface area contributed by atoms with Crippen molar-refractivity contribution in [1.29, 1.82) is 0 Å². The van der Waals surface area contributed by atoms with E-state index in [1.807, 2.05) is 0 Å². The number of nitrogens with two attached hydrogens (primary N) is 1. The van der Waals surface area contributed by atoms with Gasteiger partial charge < -0.3 is 25.5 Å². The average Bonchev–Trinajstić information content (AvgIpc) is 3.45. The van der Waals surface area contributed by atoms with Crippen molar-refractivity contribution in [2.24, 2.45) is 0 Å². The quantitative estimate of drug-likeness (QED) is 0.549. The molecule has 160 valence electrons. The Kier molecular flexibility index (Phi) is 6.34. The zero-order chi connectivity index (χ0) is 20.2. The Hall–Kier alpha value is -2.13. The van der Waals surface area contributed by atoms with Gasteiger partial charge in [-0.2, -0.15) is 9.97 Å². The molecule has 0 bridgehead atoms. The summed E-state index contributed by atoms with van der Waals surface area (Å²) in [7, 11) is 0.